The van der Waals surface area contributed by atoms with Crippen molar-refractivity contribution in [3.8, 4) is 0 Å². The number of hydrogen-bond donors (Lipinski definition) is 1. The van der Waals surface area contributed by atoms with Crippen LogP contribution in [0.25, 0.3) is 0 Å². The van der Waals surface area contributed by atoms with E-state index < -0.39 is 23.8 Å². The fourth-order valence-electron chi connectivity index (χ4n) is 2.75. The van der Waals surface area contributed by atoms with Gasteiger partial charge in [-0.1, -0.05) is 11.6 Å². The van der Waals surface area contributed by atoms with Crippen molar-refractivity contribution in [2.75, 3.05) is 36.5 Å². The number of morpholine rings is 1. The number of benzene rings is 2. The molecular weight excluding hydrogens is 387 g/mol. The molecule has 1 amide bonds. The van der Waals surface area contributed by atoms with Crippen LogP contribution in [-0.4, -0.2) is 44.3 Å². The van der Waals surface area contributed by atoms with E-state index >= 15 is 0 Å². The largest absolute Gasteiger partial charge is 0.449 e. The number of nitrogens with zero attached hydrogens (tertiary/aromatic N) is 1. The van der Waals surface area contributed by atoms with Gasteiger partial charge < -0.3 is 19.7 Å². The molecule has 2 aromatic carbocycles. The minimum Gasteiger partial charge on any atom is -0.449 e. The molecule has 8 heteroatoms. The van der Waals surface area contributed by atoms with E-state index in [0.717, 1.165) is 30.9 Å². The van der Waals surface area contributed by atoms with Crippen LogP contribution < -0.4 is 10.2 Å². The summed E-state index contributed by atoms with van der Waals surface area (Å²) >= 11 is 5.77. The lowest BCUT2D eigenvalue weighted by Crippen LogP contribution is -2.36. The van der Waals surface area contributed by atoms with Crippen molar-refractivity contribution >= 4 is 34.9 Å². The average Bonchev–Trinajstić information content (AvgIpc) is 2.71. The van der Waals surface area contributed by atoms with Gasteiger partial charge in [0.05, 0.1) is 18.8 Å². The molecule has 0 spiro atoms. The fraction of sp³-hybridized carbons (Fsp3) is 0.300. The number of halogens is 2. The Hall–Kier alpha value is -2.64. The smallest absolute Gasteiger partial charge is 0.341 e. The second-order valence-electron chi connectivity index (χ2n) is 6.31. The van der Waals surface area contributed by atoms with Gasteiger partial charge in [0.25, 0.3) is 5.91 Å². The van der Waals surface area contributed by atoms with Crippen molar-refractivity contribution in [1.29, 1.82) is 0 Å². The van der Waals surface area contributed by atoms with Crippen LogP contribution in [0.1, 0.15) is 17.3 Å². The van der Waals surface area contributed by atoms with Gasteiger partial charge in [-0.2, -0.15) is 0 Å². The first-order chi connectivity index (χ1) is 13.4. The highest BCUT2D eigenvalue weighted by molar-refractivity contribution is 6.30. The number of carbonyl (C=O) groups is 2. The summed E-state index contributed by atoms with van der Waals surface area (Å²) in [6.45, 7) is 4.43. The maximum Gasteiger partial charge on any atom is 0.341 e. The quantitative estimate of drug-likeness (QED) is 0.770. The van der Waals surface area contributed by atoms with Crippen molar-refractivity contribution in [3.63, 3.8) is 0 Å². The number of nitrogens with one attached hydrogen (secondary N) is 1. The van der Waals surface area contributed by atoms with Crippen molar-refractivity contribution in [3.05, 3.63) is 58.9 Å². The van der Waals surface area contributed by atoms with Crippen molar-refractivity contribution in [2.24, 2.45) is 0 Å². The molecule has 1 aliphatic heterocycles. The molecule has 2 aromatic rings. The van der Waals surface area contributed by atoms with Gasteiger partial charge in [0.2, 0.25) is 0 Å². The summed E-state index contributed by atoms with van der Waals surface area (Å²) in [6.07, 6.45) is -1.11. The number of ether oxygens (including phenoxy) is 2. The van der Waals surface area contributed by atoms with E-state index in [0.29, 0.717) is 18.9 Å². The van der Waals surface area contributed by atoms with Crippen LogP contribution in [0, 0.1) is 5.82 Å². The number of carbonyl (C=O) groups excluding carboxylic acids is 2. The van der Waals surface area contributed by atoms with Gasteiger partial charge in [0.15, 0.2) is 6.10 Å². The van der Waals surface area contributed by atoms with Crippen LogP contribution >= 0.6 is 11.6 Å². The van der Waals surface area contributed by atoms with E-state index in [9.17, 15) is 14.0 Å². The minimum absolute atomic E-state index is 0.200. The van der Waals surface area contributed by atoms with E-state index in [-0.39, 0.29) is 10.6 Å². The van der Waals surface area contributed by atoms with E-state index in [1.54, 1.807) is 12.1 Å². The van der Waals surface area contributed by atoms with Crippen LogP contribution in [0.3, 0.4) is 0 Å². The zero-order valence-electron chi connectivity index (χ0n) is 15.3. The van der Waals surface area contributed by atoms with Gasteiger partial charge in [-0.3, -0.25) is 4.79 Å². The second kappa shape index (κ2) is 9.03. The van der Waals surface area contributed by atoms with Crippen molar-refractivity contribution < 1.29 is 23.5 Å². The highest BCUT2D eigenvalue weighted by atomic mass is 35.5. The number of esters is 1. The lowest BCUT2D eigenvalue weighted by molar-refractivity contribution is -0.123. The Bertz CT molecular complexity index is 854. The maximum absolute atomic E-state index is 13.7. The Morgan fingerprint density at radius 2 is 1.86 bits per heavy atom. The third kappa shape index (κ3) is 4.99. The van der Waals surface area contributed by atoms with Crippen LogP contribution in [-0.2, 0) is 14.3 Å². The monoisotopic (exact) mass is 406 g/mol. The molecule has 6 nitrogen and oxygen atoms in total. The van der Waals surface area contributed by atoms with E-state index in [1.165, 1.54) is 13.0 Å². The zero-order chi connectivity index (χ0) is 20.1. The molecule has 1 saturated heterocycles. The first-order valence-corrected chi connectivity index (χ1v) is 9.21. The van der Waals surface area contributed by atoms with E-state index in [2.05, 4.69) is 10.2 Å². The van der Waals surface area contributed by atoms with Gasteiger partial charge in [-0.25, -0.2) is 9.18 Å². The Kier molecular flexibility index (Phi) is 6.49. The van der Waals surface area contributed by atoms with Crippen molar-refractivity contribution in [2.45, 2.75) is 13.0 Å². The molecule has 0 aromatic heterocycles. The molecule has 0 radical (unpaired) electrons. The molecule has 1 heterocycles. The lowest BCUT2D eigenvalue weighted by atomic mass is 10.2. The maximum atomic E-state index is 13.7. The van der Waals surface area contributed by atoms with E-state index in [4.69, 9.17) is 21.1 Å². The van der Waals surface area contributed by atoms with Gasteiger partial charge in [0.1, 0.15) is 5.82 Å². The zero-order valence-corrected chi connectivity index (χ0v) is 16.0. The summed E-state index contributed by atoms with van der Waals surface area (Å²) in [5.41, 5.74) is 1.29. The number of rotatable bonds is 5. The molecule has 1 atom stereocenters. The highest BCUT2D eigenvalue weighted by Gasteiger charge is 2.21. The normalized spacial score (nSPS) is 15.0. The molecule has 1 unspecified atom stereocenters. The third-order valence-electron chi connectivity index (χ3n) is 4.31. The van der Waals surface area contributed by atoms with Crippen LogP contribution in [0.2, 0.25) is 5.02 Å². The van der Waals surface area contributed by atoms with Crippen molar-refractivity contribution in [1.82, 2.24) is 0 Å². The van der Waals surface area contributed by atoms with Gasteiger partial charge in [-0.05, 0) is 49.4 Å². The molecule has 0 bridgehead atoms. The average molecular weight is 407 g/mol. The fourth-order valence-corrected chi connectivity index (χ4v) is 2.92. The van der Waals surface area contributed by atoms with Crippen LogP contribution in [0.4, 0.5) is 15.8 Å². The molecule has 3 rings (SSSR count). The molecular formula is C20H20ClFN2O4. The topological polar surface area (TPSA) is 67.9 Å². The Morgan fingerprint density at radius 3 is 2.54 bits per heavy atom. The Morgan fingerprint density at radius 1 is 1.18 bits per heavy atom. The van der Waals surface area contributed by atoms with Crippen LogP contribution in [0.5, 0.6) is 0 Å². The number of amides is 1. The molecule has 1 aliphatic rings. The highest BCUT2D eigenvalue weighted by Crippen LogP contribution is 2.20. The van der Waals surface area contributed by atoms with Crippen LogP contribution in [0.15, 0.2) is 42.5 Å². The third-order valence-corrected chi connectivity index (χ3v) is 4.55. The molecule has 0 saturated carbocycles. The van der Waals surface area contributed by atoms with Gasteiger partial charge >= 0.3 is 5.97 Å². The van der Waals surface area contributed by atoms with Gasteiger partial charge in [-0.15, -0.1) is 0 Å². The predicted molar refractivity (Wildman–Crippen MR) is 104 cm³/mol. The summed E-state index contributed by atoms with van der Waals surface area (Å²) < 4.78 is 24.1. The molecule has 148 valence electrons. The number of hydrogen-bond acceptors (Lipinski definition) is 5. The Labute approximate surface area is 167 Å². The summed E-state index contributed by atoms with van der Waals surface area (Å²) in [5, 5.41) is 2.88. The summed E-state index contributed by atoms with van der Waals surface area (Å²) in [5.74, 6) is -2.24. The summed E-state index contributed by atoms with van der Waals surface area (Å²) in [6, 6.07) is 10.9. The SMILES string of the molecule is CC(OC(=O)c1cc(Cl)ccc1F)C(=O)Nc1ccc(N2CCOCC2)cc1. The first-order valence-electron chi connectivity index (χ1n) is 8.83. The molecule has 28 heavy (non-hydrogen) atoms. The summed E-state index contributed by atoms with van der Waals surface area (Å²) in [7, 11) is 0. The molecule has 1 N–H and O–H groups in total. The predicted octanol–water partition coefficient (Wildman–Crippen LogP) is 3.50. The van der Waals surface area contributed by atoms with E-state index in [1.807, 2.05) is 12.1 Å². The second-order valence-corrected chi connectivity index (χ2v) is 6.74. The number of anilines is 2. The minimum atomic E-state index is -1.11. The molecule has 0 aliphatic carbocycles. The molecule has 1 fully saturated rings. The van der Waals surface area contributed by atoms with Gasteiger partial charge in [0, 0.05) is 29.5 Å². The standard InChI is InChI=1S/C20H20ClFN2O4/c1-13(28-20(26)17-12-14(21)2-7-18(17)22)19(25)23-15-3-5-16(6-4-15)24-8-10-27-11-9-24/h2-7,12-13H,8-11H2,1H3,(H,23,25). The first kappa shape index (κ1) is 20.1. The summed E-state index contributed by atoms with van der Waals surface area (Å²) in [4.78, 5) is 26.6. The lowest BCUT2D eigenvalue weighted by Gasteiger charge is -2.28. The Balaban J connectivity index is 1.57.